The SMILES string of the molecule is C[C@@H](O)c1ccc(OCc2ccc(F)cc2)cc1. The molecule has 0 aliphatic rings. The van der Waals surface area contributed by atoms with Crippen LogP contribution in [-0.4, -0.2) is 5.11 Å². The smallest absolute Gasteiger partial charge is 0.123 e. The van der Waals surface area contributed by atoms with Crippen molar-refractivity contribution in [2.45, 2.75) is 19.6 Å². The number of hydrogen-bond acceptors (Lipinski definition) is 2. The monoisotopic (exact) mass is 246 g/mol. The minimum atomic E-state index is -0.476. The van der Waals surface area contributed by atoms with E-state index in [0.29, 0.717) is 6.61 Å². The summed E-state index contributed by atoms with van der Waals surface area (Å²) in [5.74, 6) is 0.476. The first kappa shape index (κ1) is 12.6. The zero-order valence-corrected chi connectivity index (χ0v) is 10.1. The van der Waals surface area contributed by atoms with Gasteiger partial charge in [0, 0.05) is 0 Å². The third kappa shape index (κ3) is 3.31. The normalized spacial score (nSPS) is 12.2. The van der Waals surface area contributed by atoms with E-state index < -0.39 is 6.10 Å². The summed E-state index contributed by atoms with van der Waals surface area (Å²) < 4.78 is 18.3. The molecule has 0 fully saturated rings. The first-order chi connectivity index (χ1) is 8.65. The van der Waals surface area contributed by atoms with Gasteiger partial charge in [0.25, 0.3) is 0 Å². The highest BCUT2D eigenvalue weighted by atomic mass is 19.1. The van der Waals surface area contributed by atoms with E-state index in [1.54, 1.807) is 19.1 Å². The first-order valence-electron chi connectivity index (χ1n) is 5.80. The van der Waals surface area contributed by atoms with Crippen LogP contribution >= 0.6 is 0 Å². The standard InChI is InChI=1S/C15H15FO2/c1-11(17)13-4-8-15(9-5-13)18-10-12-2-6-14(16)7-3-12/h2-9,11,17H,10H2,1H3/t11-/m1/s1. The van der Waals surface area contributed by atoms with Crippen molar-refractivity contribution in [2.75, 3.05) is 0 Å². The highest BCUT2D eigenvalue weighted by molar-refractivity contribution is 5.28. The van der Waals surface area contributed by atoms with E-state index in [0.717, 1.165) is 16.9 Å². The van der Waals surface area contributed by atoms with Crippen molar-refractivity contribution >= 4 is 0 Å². The Balaban J connectivity index is 1.95. The van der Waals surface area contributed by atoms with Crippen molar-refractivity contribution in [1.82, 2.24) is 0 Å². The molecule has 2 nitrogen and oxygen atoms in total. The summed E-state index contributed by atoms with van der Waals surface area (Å²) >= 11 is 0. The lowest BCUT2D eigenvalue weighted by Gasteiger charge is -2.08. The molecule has 0 radical (unpaired) electrons. The van der Waals surface area contributed by atoms with Gasteiger partial charge in [0.15, 0.2) is 0 Å². The molecule has 0 saturated carbocycles. The number of halogens is 1. The van der Waals surface area contributed by atoms with E-state index in [9.17, 15) is 9.50 Å². The predicted molar refractivity (Wildman–Crippen MR) is 67.8 cm³/mol. The number of aliphatic hydroxyl groups excluding tert-OH is 1. The van der Waals surface area contributed by atoms with Gasteiger partial charge in [0.1, 0.15) is 18.2 Å². The summed E-state index contributed by atoms with van der Waals surface area (Å²) in [5.41, 5.74) is 1.76. The van der Waals surface area contributed by atoms with Gasteiger partial charge in [-0.25, -0.2) is 4.39 Å². The minimum Gasteiger partial charge on any atom is -0.489 e. The van der Waals surface area contributed by atoms with Gasteiger partial charge in [0.05, 0.1) is 6.10 Å². The zero-order chi connectivity index (χ0) is 13.0. The molecule has 0 bridgehead atoms. The van der Waals surface area contributed by atoms with Gasteiger partial charge in [0.2, 0.25) is 0 Å². The average molecular weight is 246 g/mol. The van der Waals surface area contributed by atoms with Gasteiger partial charge in [-0.1, -0.05) is 24.3 Å². The Labute approximate surface area is 106 Å². The Hall–Kier alpha value is -1.87. The maximum atomic E-state index is 12.7. The third-order valence-electron chi connectivity index (χ3n) is 2.68. The summed E-state index contributed by atoms with van der Waals surface area (Å²) in [4.78, 5) is 0. The predicted octanol–water partition coefficient (Wildman–Crippen LogP) is 3.46. The van der Waals surface area contributed by atoms with Crippen LogP contribution in [0.2, 0.25) is 0 Å². The molecule has 3 heteroatoms. The minimum absolute atomic E-state index is 0.250. The second-order valence-corrected chi connectivity index (χ2v) is 4.16. The van der Waals surface area contributed by atoms with Gasteiger partial charge in [-0.15, -0.1) is 0 Å². The van der Waals surface area contributed by atoms with Crippen molar-refractivity contribution < 1.29 is 14.2 Å². The molecule has 94 valence electrons. The molecule has 1 atom stereocenters. The van der Waals surface area contributed by atoms with Crippen molar-refractivity contribution in [1.29, 1.82) is 0 Å². The van der Waals surface area contributed by atoms with Gasteiger partial charge in [-0.3, -0.25) is 0 Å². The van der Waals surface area contributed by atoms with E-state index in [2.05, 4.69) is 0 Å². The van der Waals surface area contributed by atoms with Crippen LogP contribution in [0.4, 0.5) is 4.39 Å². The molecule has 2 rings (SSSR count). The van der Waals surface area contributed by atoms with Crippen molar-refractivity contribution in [3.8, 4) is 5.75 Å². The van der Waals surface area contributed by atoms with Gasteiger partial charge in [-0.05, 0) is 42.3 Å². The Morgan fingerprint density at radius 1 is 1.06 bits per heavy atom. The molecule has 0 saturated heterocycles. The second kappa shape index (κ2) is 5.65. The summed E-state index contributed by atoms with van der Waals surface area (Å²) in [6.07, 6.45) is -0.476. The fourth-order valence-electron chi connectivity index (χ4n) is 1.59. The van der Waals surface area contributed by atoms with Crippen molar-refractivity contribution in [3.05, 3.63) is 65.5 Å². The number of aliphatic hydroxyl groups is 1. The van der Waals surface area contributed by atoms with Crippen molar-refractivity contribution in [3.63, 3.8) is 0 Å². The molecule has 2 aromatic rings. The number of benzene rings is 2. The maximum absolute atomic E-state index is 12.7. The van der Waals surface area contributed by atoms with E-state index in [-0.39, 0.29) is 5.82 Å². The molecule has 2 aromatic carbocycles. The summed E-state index contributed by atoms with van der Waals surface area (Å²) in [5, 5.41) is 9.37. The first-order valence-corrected chi connectivity index (χ1v) is 5.80. The van der Waals surface area contributed by atoms with Crippen LogP contribution < -0.4 is 4.74 Å². The fourth-order valence-corrected chi connectivity index (χ4v) is 1.59. The lowest BCUT2D eigenvalue weighted by Crippen LogP contribution is -1.96. The van der Waals surface area contributed by atoms with E-state index in [1.807, 2.05) is 24.3 Å². The van der Waals surface area contributed by atoms with Gasteiger partial charge in [-0.2, -0.15) is 0 Å². The molecule has 0 aliphatic heterocycles. The lowest BCUT2D eigenvalue weighted by molar-refractivity contribution is 0.199. The van der Waals surface area contributed by atoms with Crippen molar-refractivity contribution in [2.24, 2.45) is 0 Å². The fraction of sp³-hybridized carbons (Fsp3) is 0.200. The second-order valence-electron chi connectivity index (χ2n) is 4.16. The molecule has 0 heterocycles. The molecule has 18 heavy (non-hydrogen) atoms. The van der Waals surface area contributed by atoms with Crippen LogP contribution in [0.25, 0.3) is 0 Å². The average Bonchev–Trinajstić information content (AvgIpc) is 2.38. The topological polar surface area (TPSA) is 29.5 Å². The lowest BCUT2D eigenvalue weighted by atomic mass is 10.1. The van der Waals surface area contributed by atoms with Crippen LogP contribution in [0.5, 0.6) is 5.75 Å². The highest BCUT2D eigenvalue weighted by Gasteiger charge is 2.01. The largest absolute Gasteiger partial charge is 0.489 e. The molecule has 0 aliphatic carbocycles. The Kier molecular flexibility index (Phi) is 3.95. The molecule has 0 amide bonds. The molecular formula is C15H15FO2. The van der Waals surface area contributed by atoms with Gasteiger partial charge >= 0.3 is 0 Å². The van der Waals surface area contributed by atoms with Crippen LogP contribution in [0.3, 0.4) is 0 Å². The third-order valence-corrected chi connectivity index (χ3v) is 2.68. The van der Waals surface area contributed by atoms with Crippen LogP contribution in [0, 0.1) is 5.82 Å². The summed E-state index contributed by atoms with van der Waals surface area (Å²) in [7, 11) is 0. The molecule has 0 spiro atoms. The van der Waals surface area contributed by atoms with Crippen LogP contribution in [-0.2, 0) is 6.61 Å². The number of ether oxygens (including phenoxy) is 1. The molecular weight excluding hydrogens is 231 g/mol. The maximum Gasteiger partial charge on any atom is 0.123 e. The van der Waals surface area contributed by atoms with E-state index in [1.165, 1.54) is 12.1 Å². The van der Waals surface area contributed by atoms with Crippen LogP contribution in [0.15, 0.2) is 48.5 Å². The Morgan fingerprint density at radius 3 is 2.22 bits per heavy atom. The van der Waals surface area contributed by atoms with E-state index in [4.69, 9.17) is 4.74 Å². The highest BCUT2D eigenvalue weighted by Crippen LogP contribution is 2.18. The Bertz CT molecular complexity index is 489. The summed E-state index contributed by atoms with van der Waals surface area (Å²) in [6, 6.07) is 13.5. The number of rotatable bonds is 4. The van der Waals surface area contributed by atoms with Crippen LogP contribution in [0.1, 0.15) is 24.2 Å². The van der Waals surface area contributed by atoms with E-state index >= 15 is 0 Å². The number of hydrogen-bond donors (Lipinski definition) is 1. The Morgan fingerprint density at radius 2 is 1.67 bits per heavy atom. The van der Waals surface area contributed by atoms with Gasteiger partial charge < -0.3 is 9.84 Å². The zero-order valence-electron chi connectivity index (χ0n) is 10.1. The molecule has 1 N–H and O–H groups in total. The molecule has 0 aromatic heterocycles. The molecule has 0 unspecified atom stereocenters. The summed E-state index contributed by atoms with van der Waals surface area (Å²) in [6.45, 7) is 2.11. The quantitative estimate of drug-likeness (QED) is 0.895.